The summed E-state index contributed by atoms with van der Waals surface area (Å²) in [5, 5.41) is 3.35. The van der Waals surface area contributed by atoms with Gasteiger partial charge >= 0.3 is 0 Å². The Balaban J connectivity index is 1.92. The van der Waals surface area contributed by atoms with Crippen LogP contribution in [0, 0.1) is 0 Å². The smallest absolute Gasteiger partial charge is 0.270 e. The Kier molecular flexibility index (Phi) is 7.59. The monoisotopic (exact) mass is 462 g/mol. The summed E-state index contributed by atoms with van der Waals surface area (Å²) in [7, 11) is 1.58. The van der Waals surface area contributed by atoms with Gasteiger partial charge in [0.2, 0.25) is 0 Å². The minimum atomic E-state index is -0.496. The van der Waals surface area contributed by atoms with Gasteiger partial charge in [-0.15, -0.1) is 0 Å². The van der Waals surface area contributed by atoms with E-state index in [0.717, 1.165) is 5.56 Å². The number of carbonyl (C=O) groups excluding carboxylic acids is 2. The second kappa shape index (κ2) is 10.2. The van der Waals surface area contributed by atoms with Crippen molar-refractivity contribution in [3.63, 3.8) is 0 Å². The third-order valence-electron chi connectivity index (χ3n) is 4.79. The van der Waals surface area contributed by atoms with Crippen molar-refractivity contribution in [3.8, 4) is 5.75 Å². The van der Waals surface area contributed by atoms with Crippen molar-refractivity contribution in [1.29, 1.82) is 0 Å². The molecule has 2 amide bonds. The highest BCUT2D eigenvalue weighted by atomic mass is 35.5. The highest BCUT2D eigenvalue weighted by Gasteiger charge is 2.29. The fraction of sp³-hybridized carbons (Fsp3) is 0.304. The lowest BCUT2D eigenvalue weighted by Gasteiger charge is -2.35. The van der Waals surface area contributed by atoms with E-state index in [2.05, 4.69) is 5.32 Å². The Hall–Kier alpha value is -2.54. The van der Waals surface area contributed by atoms with Crippen LogP contribution in [0.5, 0.6) is 5.75 Å². The van der Waals surface area contributed by atoms with E-state index in [9.17, 15) is 9.59 Å². The molecule has 6 nitrogen and oxygen atoms in total. The van der Waals surface area contributed by atoms with Crippen LogP contribution in [0.25, 0.3) is 6.08 Å². The molecule has 3 rings (SSSR count). The number of rotatable bonds is 5. The van der Waals surface area contributed by atoms with Gasteiger partial charge in [-0.25, -0.2) is 0 Å². The molecule has 1 saturated heterocycles. The molecule has 1 aliphatic heterocycles. The van der Waals surface area contributed by atoms with Gasteiger partial charge in [-0.05, 0) is 55.8 Å². The summed E-state index contributed by atoms with van der Waals surface area (Å²) in [6.45, 7) is 4.69. The van der Waals surface area contributed by atoms with Crippen LogP contribution >= 0.6 is 23.2 Å². The lowest BCUT2D eigenvalue weighted by molar-refractivity contribution is -0.139. The number of amides is 2. The van der Waals surface area contributed by atoms with Crippen LogP contribution in [0.2, 0.25) is 10.0 Å². The van der Waals surface area contributed by atoms with Crippen molar-refractivity contribution in [2.75, 3.05) is 20.2 Å². The largest absolute Gasteiger partial charge is 0.497 e. The molecule has 2 atom stereocenters. The summed E-state index contributed by atoms with van der Waals surface area (Å²) in [5.41, 5.74) is 1.10. The van der Waals surface area contributed by atoms with Crippen LogP contribution < -0.4 is 10.1 Å². The van der Waals surface area contributed by atoms with Gasteiger partial charge in [0.1, 0.15) is 11.4 Å². The topological polar surface area (TPSA) is 67.9 Å². The average Bonchev–Trinajstić information content (AvgIpc) is 2.72. The molecule has 31 heavy (non-hydrogen) atoms. The molecular weight excluding hydrogens is 439 g/mol. The van der Waals surface area contributed by atoms with Crippen LogP contribution in [0.1, 0.15) is 29.8 Å². The van der Waals surface area contributed by atoms with Crippen LogP contribution in [0.15, 0.2) is 48.2 Å². The first-order chi connectivity index (χ1) is 14.8. The summed E-state index contributed by atoms with van der Waals surface area (Å²) >= 11 is 12.1. The molecule has 2 aromatic rings. The fourth-order valence-corrected chi connectivity index (χ4v) is 3.89. The van der Waals surface area contributed by atoms with E-state index in [0.29, 0.717) is 23.9 Å². The molecule has 1 heterocycles. The maximum atomic E-state index is 13.3. The summed E-state index contributed by atoms with van der Waals surface area (Å²) in [6.07, 6.45) is 1.43. The molecule has 2 aromatic carbocycles. The fourth-order valence-electron chi connectivity index (χ4n) is 3.40. The molecular formula is C23H24Cl2N2O4. The quantitative estimate of drug-likeness (QED) is 0.668. The van der Waals surface area contributed by atoms with Crippen LogP contribution in [-0.2, 0) is 9.53 Å². The van der Waals surface area contributed by atoms with Gasteiger partial charge in [-0.1, -0.05) is 35.3 Å². The molecule has 0 unspecified atom stereocenters. The van der Waals surface area contributed by atoms with E-state index >= 15 is 0 Å². The summed E-state index contributed by atoms with van der Waals surface area (Å²) < 4.78 is 10.9. The van der Waals surface area contributed by atoms with Crippen molar-refractivity contribution in [3.05, 3.63) is 69.3 Å². The predicted molar refractivity (Wildman–Crippen MR) is 121 cm³/mol. The van der Waals surface area contributed by atoms with Gasteiger partial charge in [-0.3, -0.25) is 9.59 Å². The highest BCUT2D eigenvalue weighted by molar-refractivity contribution is 6.36. The van der Waals surface area contributed by atoms with E-state index < -0.39 is 5.91 Å². The number of morpholine rings is 1. The standard InChI is InChI=1S/C23H24Cl2N2O4/c1-14-12-27(13-15(2)31-14)23(29)21(10-16-4-7-18(30-3)8-5-16)26-22(28)19-9-6-17(24)11-20(19)25/h4-11,14-15H,12-13H2,1-3H3,(H,26,28)/b21-10+/t14-,15-/m1/s1. The number of halogens is 2. The zero-order chi connectivity index (χ0) is 22.5. The van der Waals surface area contributed by atoms with Gasteiger partial charge in [-0.2, -0.15) is 0 Å². The molecule has 0 aliphatic carbocycles. The first-order valence-corrected chi connectivity index (χ1v) is 10.6. The van der Waals surface area contributed by atoms with E-state index in [-0.39, 0.29) is 34.4 Å². The first-order valence-electron chi connectivity index (χ1n) is 9.83. The number of hydrogen-bond acceptors (Lipinski definition) is 4. The SMILES string of the molecule is COc1ccc(/C=C(/NC(=O)c2ccc(Cl)cc2Cl)C(=O)N2C[C@@H](C)O[C@H](C)C2)cc1. The Bertz CT molecular complexity index is 982. The minimum absolute atomic E-state index is 0.101. The van der Waals surface area contributed by atoms with Gasteiger partial charge in [0, 0.05) is 18.1 Å². The number of methoxy groups -OCH3 is 1. The Labute approximate surface area is 191 Å². The molecule has 0 spiro atoms. The minimum Gasteiger partial charge on any atom is -0.497 e. The number of nitrogens with zero attached hydrogens (tertiary/aromatic N) is 1. The molecule has 0 aromatic heterocycles. The molecule has 164 valence electrons. The second-order valence-electron chi connectivity index (χ2n) is 7.38. The molecule has 1 aliphatic rings. The zero-order valence-electron chi connectivity index (χ0n) is 17.5. The number of ether oxygens (including phenoxy) is 2. The maximum Gasteiger partial charge on any atom is 0.270 e. The van der Waals surface area contributed by atoms with Gasteiger partial charge in [0.25, 0.3) is 11.8 Å². The van der Waals surface area contributed by atoms with Crippen LogP contribution in [0.3, 0.4) is 0 Å². The first kappa shape index (κ1) is 23.1. The number of carbonyl (C=O) groups is 2. The van der Waals surface area contributed by atoms with E-state index in [1.54, 1.807) is 48.4 Å². The summed E-state index contributed by atoms with van der Waals surface area (Å²) in [5.74, 6) is -0.0989. The third-order valence-corrected chi connectivity index (χ3v) is 5.34. The lowest BCUT2D eigenvalue weighted by Crippen LogP contribution is -2.50. The summed E-state index contributed by atoms with van der Waals surface area (Å²) in [6, 6.07) is 11.8. The number of nitrogens with one attached hydrogen (secondary N) is 1. The van der Waals surface area contributed by atoms with Crippen molar-refractivity contribution in [2.24, 2.45) is 0 Å². The van der Waals surface area contributed by atoms with E-state index in [1.807, 2.05) is 13.8 Å². The van der Waals surface area contributed by atoms with Crippen LogP contribution in [0.4, 0.5) is 0 Å². The average molecular weight is 463 g/mol. The maximum absolute atomic E-state index is 13.3. The van der Waals surface area contributed by atoms with Crippen molar-refractivity contribution in [1.82, 2.24) is 10.2 Å². The van der Waals surface area contributed by atoms with E-state index in [4.69, 9.17) is 32.7 Å². The highest BCUT2D eigenvalue weighted by Crippen LogP contribution is 2.22. The molecule has 0 bridgehead atoms. The number of benzene rings is 2. The van der Waals surface area contributed by atoms with Crippen LogP contribution in [-0.4, -0.2) is 49.1 Å². The lowest BCUT2D eigenvalue weighted by atomic mass is 10.1. The Morgan fingerprint density at radius 1 is 1.10 bits per heavy atom. The van der Waals surface area contributed by atoms with Gasteiger partial charge < -0.3 is 19.7 Å². The van der Waals surface area contributed by atoms with E-state index in [1.165, 1.54) is 12.1 Å². The molecule has 0 radical (unpaired) electrons. The Morgan fingerprint density at radius 2 is 1.74 bits per heavy atom. The second-order valence-corrected chi connectivity index (χ2v) is 8.22. The molecule has 1 N–H and O–H groups in total. The Morgan fingerprint density at radius 3 is 2.32 bits per heavy atom. The number of hydrogen-bond donors (Lipinski definition) is 1. The van der Waals surface area contributed by atoms with Gasteiger partial charge in [0.05, 0.1) is 29.9 Å². The molecule has 8 heteroatoms. The van der Waals surface area contributed by atoms with Crippen molar-refractivity contribution < 1.29 is 19.1 Å². The van der Waals surface area contributed by atoms with Crippen molar-refractivity contribution >= 4 is 41.1 Å². The normalized spacial score (nSPS) is 19.1. The van der Waals surface area contributed by atoms with Gasteiger partial charge in [0.15, 0.2) is 0 Å². The van der Waals surface area contributed by atoms with Crippen molar-refractivity contribution in [2.45, 2.75) is 26.1 Å². The predicted octanol–water partition coefficient (Wildman–Crippen LogP) is 4.41. The molecule has 1 fully saturated rings. The molecule has 0 saturated carbocycles. The zero-order valence-corrected chi connectivity index (χ0v) is 19.0. The third kappa shape index (κ3) is 6.00. The summed E-state index contributed by atoms with van der Waals surface area (Å²) in [4.78, 5) is 27.9.